The van der Waals surface area contributed by atoms with E-state index in [1.165, 1.54) is 20.3 Å². The third kappa shape index (κ3) is 5.44. The van der Waals surface area contributed by atoms with Gasteiger partial charge in [0.2, 0.25) is 11.9 Å². The quantitative estimate of drug-likeness (QED) is 0.177. The second-order valence-corrected chi connectivity index (χ2v) is 9.88. The smallest absolute Gasteiger partial charge is 0.247 e. The zero-order chi connectivity index (χ0) is 29.3. The maximum Gasteiger partial charge on any atom is 0.247 e. The van der Waals surface area contributed by atoms with Crippen LogP contribution in [-0.4, -0.2) is 45.6 Å². The van der Waals surface area contributed by atoms with Gasteiger partial charge in [0, 0.05) is 47.2 Å². The third-order valence-corrected chi connectivity index (χ3v) is 6.85. The topological polar surface area (TPSA) is 112 Å². The minimum absolute atomic E-state index is 0.0362. The summed E-state index contributed by atoms with van der Waals surface area (Å²) in [6.45, 7) is 7.38. The second-order valence-electron chi connectivity index (χ2n) is 9.13. The van der Waals surface area contributed by atoms with Gasteiger partial charge < -0.3 is 24.8 Å². The van der Waals surface area contributed by atoms with Crippen molar-refractivity contribution in [1.29, 1.82) is 0 Å². The predicted octanol–water partition coefficient (Wildman–Crippen LogP) is 6.92. The van der Waals surface area contributed by atoms with Crippen molar-refractivity contribution in [3.8, 4) is 28.4 Å². The third-order valence-electron chi connectivity index (χ3n) is 6.10. The summed E-state index contributed by atoms with van der Waals surface area (Å²) in [7, 11) is 3.04. The lowest BCUT2D eigenvalue weighted by molar-refractivity contribution is -0.111. The SMILES string of the molecule is C=CC(=O)Nc1cc(OC(C)C)ccc1Nc1ncc2cc(-c3c(Cl)c(OC)cc(OC)c3Cl)c3nccn3c2n1. The second kappa shape index (κ2) is 11.5. The number of benzene rings is 2. The van der Waals surface area contributed by atoms with E-state index in [-0.39, 0.29) is 12.0 Å². The molecule has 5 aromatic rings. The summed E-state index contributed by atoms with van der Waals surface area (Å²) in [5, 5.41) is 7.33. The predicted molar refractivity (Wildman–Crippen MR) is 161 cm³/mol. The van der Waals surface area contributed by atoms with Crippen molar-refractivity contribution in [1.82, 2.24) is 19.4 Å². The zero-order valence-corrected chi connectivity index (χ0v) is 24.2. The summed E-state index contributed by atoms with van der Waals surface area (Å²) in [6, 6.07) is 8.79. The number of nitrogens with zero attached hydrogens (tertiary/aromatic N) is 4. The molecule has 0 saturated heterocycles. The Kier molecular flexibility index (Phi) is 7.87. The lowest BCUT2D eigenvalue weighted by Crippen LogP contribution is -2.11. The number of halogens is 2. The van der Waals surface area contributed by atoms with E-state index in [0.717, 1.165) is 0 Å². The Labute approximate surface area is 245 Å². The van der Waals surface area contributed by atoms with E-state index >= 15 is 0 Å². The first kappa shape index (κ1) is 28.0. The van der Waals surface area contributed by atoms with E-state index in [1.54, 1.807) is 42.9 Å². The summed E-state index contributed by atoms with van der Waals surface area (Å²) < 4.78 is 18.5. The minimum atomic E-state index is -0.367. The molecular formula is C29H26Cl2N6O4. The average molecular weight is 593 g/mol. The number of amides is 1. The number of carbonyl (C=O) groups is 1. The van der Waals surface area contributed by atoms with E-state index in [0.29, 0.717) is 72.4 Å². The number of methoxy groups -OCH3 is 2. The van der Waals surface area contributed by atoms with E-state index in [2.05, 4.69) is 27.2 Å². The van der Waals surface area contributed by atoms with Crippen LogP contribution in [0.25, 0.3) is 27.8 Å². The maximum atomic E-state index is 12.1. The van der Waals surface area contributed by atoms with Crippen molar-refractivity contribution >= 4 is 63.1 Å². The van der Waals surface area contributed by atoms with Gasteiger partial charge in [-0.25, -0.2) is 9.97 Å². The largest absolute Gasteiger partial charge is 0.495 e. The number of anilines is 3. The molecule has 0 radical (unpaired) electrons. The van der Waals surface area contributed by atoms with Crippen LogP contribution in [0.1, 0.15) is 13.8 Å². The number of ether oxygens (including phenoxy) is 3. The molecule has 0 saturated carbocycles. The Morgan fingerprint density at radius 3 is 2.41 bits per heavy atom. The van der Waals surface area contributed by atoms with Gasteiger partial charge in [0.05, 0.1) is 41.7 Å². The fourth-order valence-corrected chi connectivity index (χ4v) is 5.03. The highest BCUT2D eigenvalue weighted by Gasteiger charge is 2.22. The number of hydrogen-bond donors (Lipinski definition) is 2. The number of carbonyl (C=O) groups excluding carboxylic acids is 1. The molecular weight excluding hydrogens is 567 g/mol. The zero-order valence-electron chi connectivity index (χ0n) is 22.7. The van der Waals surface area contributed by atoms with Gasteiger partial charge >= 0.3 is 0 Å². The van der Waals surface area contributed by atoms with Gasteiger partial charge in [-0.2, -0.15) is 4.98 Å². The van der Waals surface area contributed by atoms with Crippen LogP contribution in [0, 0.1) is 0 Å². The van der Waals surface area contributed by atoms with Crippen molar-refractivity contribution in [2.45, 2.75) is 20.0 Å². The molecule has 3 heterocycles. The van der Waals surface area contributed by atoms with Gasteiger partial charge in [-0.05, 0) is 38.1 Å². The van der Waals surface area contributed by atoms with Gasteiger partial charge in [-0.15, -0.1) is 0 Å². The monoisotopic (exact) mass is 592 g/mol. The van der Waals surface area contributed by atoms with Gasteiger partial charge in [-0.1, -0.05) is 29.8 Å². The molecule has 5 rings (SSSR count). The van der Waals surface area contributed by atoms with Crippen LogP contribution < -0.4 is 24.8 Å². The Balaban J connectivity index is 1.61. The molecule has 0 fully saturated rings. The normalized spacial score (nSPS) is 11.1. The molecule has 0 atom stereocenters. The summed E-state index contributed by atoms with van der Waals surface area (Å²) >= 11 is 13.4. The molecule has 2 N–H and O–H groups in total. The van der Waals surface area contributed by atoms with Crippen molar-refractivity contribution in [3.05, 3.63) is 71.6 Å². The molecule has 0 aliphatic carbocycles. The van der Waals surface area contributed by atoms with Crippen LogP contribution in [0.3, 0.4) is 0 Å². The molecule has 10 nitrogen and oxygen atoms in total. The molecule has 0 aliphatic rings. The number of fused-ring (bicyclic) bond motifs is 3. The number of hydrogen-bond acceptors (Lipinski definition) is 8. The van der Waals surface area contributed by atoms with Gasteiger partial charge in [0.25, 0.3) is 0 Å². The van der Waals surface area contributed by atoms with Crippen LogP contribution in [0.15, 0.2) is 61.6 Å². The molecule has 41 heavy (non-hydrogen) atoms. The highest BCUT2D eigenvalue weighted by Crippen LogP contribution is 2.47. The maximum absolute atomic E-state index is 12.1. The summed E-state index contributed by atoms with van der Waals surface area (Å²) in [5.41, 5.74) is 3.35. The molecule has 2 aromatic carbocycles. The van der Waals surface area contributed by atoms with Gasteiger partial charge in [0.1, 0.15) is 22.9 Å². The standard InChI is InChI=1S/C29H26Cl2N6O4/c1-6-23(38)34-20-12-17(41-15(2)3)7-8-19(20)35-29-33-14-16-11-18(28-32-9-10-37(28)27(16)36-29)24-25(30)21(39-4)13-22(40-5)26(24)31/h6-15H,1H2,2-5H3,(H,34,38)(H,33,35,36). The molecule has 1 amide bonds. The fraction of sp³-hybridized carbons (Fsp3) is 0.172. The first-order valence-electron chi connectivity index (χ1n) is 12.5. The van der Waals surface area contributed by atoms with Crippen molar-refractivity contribution < 1.29 is 19.0 Å². The molecule has 0 unspecified atom stereocenters. The van der Waals surface area contributed by atoms with Crippen LogP contribution >= 0.6 is 23.2 Å². The fourth-order valence-electron chi connectivity index (χ4n) is 4.32. The van der Waals surface area contributed by atoms with Crippen molar-refractivity contribution in [2.24, 2.45) is 0 Å². The van der Waals surface area contributed by atoms with E-state index in [4.69, 9.17) is 42.4 Å². The van der Waals surface area contributed by atoms with Crippen LogP contribution in [0.2, 0.25) is 10.0 Å². The molecule has 210 valence electrons. The number of imidazole rings is 1. The molecule has 0 bridgehead atoms. The summed E-state index contributed by atoms with van der Waals surface area (Å²) in [4.78, 5) is 25.9. The lowest BCUT2D eigenvalue weighted by atomic mass is 10.0. The van der Waals surface area contributed by atoms with E-state index in [9.17, 15) is 4.79 Å². The molecule has 12 heteroatoms. The van der Waals surface area contributed by atoms with Gasteiger partial charge in [0.15, 0.2) is 5.65 Å². The minimum Gasteiger partial charge on any atom is -0.495 e. The first-order valence-corrected chi connectivity index (χ1v) is 13.2. The van der Waals surface area contributed by atoms with E-state index < -0.39 is 0 Å². The Morgan fingerprint density at radius 1 is 1.02 bits per heavy atom. The molecule has 0 spiro atoms. The number of aromatic nitrogens is 4. The van der Waals surface area contributed by atoms with Crippen molar-refractivity contribution in [3.63, 3.8) is 0 Å². The van der Waals surface area contributed by atoms with Gasteiger partial charge in [-0.3, -0.25) is 9.20 Å². The van der Waals surface area contributed by atoms with E-state index in [1.807, 2.05) is 24.3 Å². The number of pyridine rings is 1. The highest BCUT2D eigenvalue weighted by atomic mass is 35.5. The Hall–Kier alpha value is -4.54. The highest BCUT2D eigenvalue weighted by molar-refractivity contribution is 6.41. The number of nitrogens with one attached hydrogen (secondary N) is 2. The van der Waals surface area contributed by atoms with Crippen molar-refractivity contribution in [2.75, 3.05) is 24.9 Å². The Bertz CT molecular complexity index is 1780. The molecule has 3 aromatic heterocycles. The molecule has 0 aliphatic heterocycles. The van der Waals surface area contributed by atoms with Crippen LogP contribution in [0.5, 0.6) is 17.2 Å². The van der Waals surface area contributed by atoms with Crippen LogP contribution in [-0.2, 0) is 4.79 Å². The summed E-state index contributed by atoms with van der Waals surface area (Å²) in [5.74, 6) is 1.35. The number of rotatable bonds is 9. The first-order chi connectivity index (χ1) is 19.7. The Morgan fingerprint density at radius 2 is 1.76 bits per heavy atom. The van der Waals surface area contributed by atoms with Crippen LogP contribution in [0.4, 0.5) is 17.3 Å². The average Bonchev–Trinajstić information content (AvgIpc) is 3.45. The summed E-state index contributed by atoms with van der Waals surface area (Å²) in [6.07, 6.45) is 6.26. The lowest BCUT2D eigenvalue weighted by Gasteiger charge is -2.17.